The molecule has 2 N–H and O–H groups in total. The van der Waals surface area contributed by atoms with Crippen LogP contribution in [0.5, 0.6) is 0 Å². The summed E-state index contributed by atoms with van der Waals surface area (Å²) in [5.74, 6) is 1.04. The van der Waals surface area contributed by atoms with Crippen molar-refractivity contribution >= 4 is 17.2 Å². The molecular weight excluding hydrogens is 254 g/mol. The Morgan fingerprint density at radius 2 is 2.16 bits per heavy atom. The Morgan fingerprint density at radius 3 is 2.74 bits per heavy atom. The number of hydrogen-bond donors (Lipinski definition) is 1. The van der Waals surface area contributed by atoms with Gasteiger partial charge in [-0.3, -0.25) is 0 Å². The van der Waals surface area contributed by atoms with Gasteiger partial charge in [-0.05, 0) is 43.8 Å². The topological polar surface area (TPSA) is 42.2 Å². The number of pyridine rings is 1. The van der Waals surface area contributed by atoms with Crippen LogP contribution in [0.1, 0.15) is 28.6 Å². The summed E-state index contributed by atoms with van der Waals surface area (Å²) < 4.78 is 0. The van der Waals surface area contributed by atoms with Gasteiger partial charge in [0.2, 0.25) is 0 Å². The maximum Gasteiger partial charge on any atom is 0.133 e. The predicted molar refractivity (Wildman–Crippen MR) is 82.6 cm³/mol. The number of anilines is 1. The summed E-state index contributed by atoms with van der Waals surface area (Å²) in [5.41, 5.74) is 9.34. The number of aromatic nitrogens is 1. The molecule has 0 aromatic carbocycles. The standard InChI is InChI=1S/C15H21N3S/c1-4-18(10-13-6-5-7-19-13)15-14(9-16)11(2)8-12(3)17-15/h5-8H,4,9-10,16H2,1-3H3. The Hall–Kier alpha value is -1.39. The number of nitrogens with two attached hydrogens (primary N) is 1. The van der Waals surface area contributed by atoms with E-state index in [4.69, 9.17) is 10.7 Å². The third kappa shape index (κ3) is 3.14. The van der Waals surface area contributed by atoms with Gasteiger partial charge in [0.25, 0.3) is 0 Å². The Bertz CT molecular complexity index is 535. The van der Waals surface area contributed by atoms with Gasteiger partial charge in [0.1, 0.15) is 5.82 Å². The molecule has 102 valence electrons. The SMILES string of the molecule is CCN(Cc1cccs1)c1nc(C)cc(C)c1CN. The second-order valence-corrected chi connectivity index (χ2v) is 5.71. The minimum Gasteiger partial charge on any atom is -0.351 e. The minimum atomic E-state index is 0.537. The lowest BCUT2D eigenvalue weighted by Gasteiger charge is -2.25. The molecule has 0 radical (unpaired) electrons. The molecule has 0 spiro atoms. The van der Waals surface area contributed by atoms with Gasteiger partial charge >= 0.3 is 0 Å². The van der Waals surface area contributed by atoms with Crippen LogP contribution < -0.4 is 10.6 Å². The Balaban J connectivity index is 2.37. The third-order valence-corrected chi connectivity index (χ3v) is 4.13. The molecule has 0 bridgehead atoms. The highest BCUT2D eigenvalue weighted by Gasteiger charge is 2.14. The fourth-order valence-corrected chi connectivity index (χ4v) is 3.00. The largest absolute Gasteiger partial charge is 0.351 e. The molecule has 0 saturated heterocycles. The van der Waals surface area contributed by atoms with E-state index in [0.717, 1.165) is 30.2 Å². The highest BCUT2D eigenvalue weighted by atomic mass is 32.1. The molecule has 0 aliphatic rings. The third-order valence-electron chi connectivity index (χ3n) is 3.27. The van der Waals surface area contributed by atoms with Crippen LogP contribution in [0.15, 0.2) is 23.6 Å². The van der Waals surface area contributed by atoms with E-state index < -0.39 is 0 Å². The van der Waals surface area contributed by atoms with Crippen molar-refractivity contribution in [2.24, 2.45) is 5.73 Å². The van der Waals surface area contributed by atoms with Crippen molar-refractivity contribution in [3.8, 4) is 0 Å². The van der Waals surface area contributed by atoms with E-state index in [1.807, 2.05) is 6.92 Å². The van der Waals surface area contributed by atoms with Crippen molar-refractivity contribution in [1.82, 2.24) is 4.98 Å². The molecule has 0 aliphatic carbocycles. The van der Waals surface area contributed by atoms with Crippen molar-refractivity contribution < 1.29 is 0 Å². The van der Waals surface area contributed by atoms with Crippen LogP contribution in [0, 0.1) is 13.8 Å². The van der Waals surface area contributed by atoms with E-state index in [9.17, 15) is 0 Å². The highest BCUT2D eigenvalue weighted by molar-refractivity contribution is 7.09. The Morgan fingerprint density at radius 1 is 1.37 bits per heavy atom. The summed E-state index contributed by atoms with van der Waals surface area (Å²) in [5, 5.41) is 2.11. The predicted octanol–water partition coefficient (Wildman–Crippen LogP) is 3.25. The maximum absolute atomic E-state index is 5.90. The second-order valence-electron chi connectivity index (χ2n) is 4.68. The van der Waals surface area contributed by atoms with Crippen LogP contribution in [-0.2, 0) is 13.1 Å². The normalized spacial score (nSPS) is 10.7. The molecule has 19 heavy (non-hydrogen) atoms. The molecule has 0 aliphatic heterocycles. The lowest BCUT2D eigenvalue weighted by molar-refractivity contribution is 0.803. The van der Waals surface area contributed by atoms with Gasteiger partial charge in [-0.15, -0.1) is 11.3 Å². The molecule has 2 aromatic heterocycles. The van der Waals surface area contributed by atoms with Crippen molar-refractivity contribution in [3.05, 3.63) is 45.3 Å². The van der Waals surface area contributed by atoms with Gasteiger partial charge in [-0.2, -0.15) is 0 Å². The zero-order chi connectivity index (χ0) is 13.8. The van der Waals surface area contributed by atoms with Gasteiger partial charge in [-0.25, -0.2) is 4.98 Å². The molecule has 0 saturated carbocycles. The Kier molecular flexibility index (Phi) is 4.56. The van der Waals surface area contributed by atoms with Crippen molar-refractivity contribution in [1.29, 1.82) is 0 Å². The van der Waals surface area contributed by atoms with E-state index in [2.05, 4.69) is 42.3 Å². The first-order valence-electron chi connectivity index (χ1n) is 6.60. The first kappa shape index (κ1) is 14.0. The first-order valence-corrected chi connectivity index (χ1v) is 7.48. The van der Waals surface area contributed by atoms with Crippen LogP contribution >= 0.6 is 11.3 Å². The summed E-state index contributed by atoms with van der Waals surface area (Å²) in [6, 6.07) is 6.36. The molecule has 0 unspecified atom stereocenters. The van der Waals surface area contributed by atoms with Crippen LogP contribution in [0.3, 0.4) is 0 Å². The lowest BCUT2D eigenvalue weighted by atomic mass is 10.1. The summed E-state index contributed by atoms with van der Waals surface area (Å²) in [6.07, 6.45) is 0. The summed E-state index contributed by atoms with van der Waals surface area (Å²) in [7, 11) is 0. The molecule has 2 rings (SSSR count). The molecule has 2 aromatic rings. The first-order chi connectivity index (χ1) is 9.15. The smallest absolute Gasteiger partial charge is 0.133 e. The molecule has 0 amide bonds. The molecule has 0 atom stereocenters. The van der Waals surface area contributed by atoms with Crippen molar-refractivity contribution in [3.63, 3.8) is 0 Å². The van der Waals surface area contributed by atoms with Gasteiger partial charge in [-0.1, -0.05) is 6.07 Å². The van der Waals surface area contributed by atoms with Crippen LogP contribution in [-0.4, -0.2) is 11.5 Å². The molecular formula is C15H21N3S. The molecule has 3 nitrogen and oxygen atoms in total. The minimum absolute atomic E-state index is 0.537. The van der Waals surface area contributed by atoms with Gasteiger partial charge in [0.05, 0.1) is 6.54 Å². The average molecular weight is 275 g/mol. The second kappa shape index (κ2) is 6.17. The van der Waals surface area contributed by atoms with E-state index in [-0.39, 0.29) is 0 Å². The van der Waals surface area contributed by atoms with Gasteiger partial charge < -0.3 is 10.6 Å². The van der Waals surface area contributed by atoms with E-state index >= 15 is 0 Å². The van der Waals surface area contributed by atoms with Crippen LogP contribution in [0.2, 0.25) is 0 Å². The van der Waals surface area contributed by atoms with Crippen LogP contribution in [0.4, 0.5) is 5.82 Å². The highest BCUT2D eigenvalue weighted by Crippen LogP contribution is 2.24. The molecule has 0 fully saturated rings. The quantitative estimate of drug-likeness (QED) is 0.911. The number of aryl methyl sites for hydroxylation is 2. The zero-order valence-electron chi connectivity index (χ0n) is 11.8. The summed E-state index contributed by atoms with van der Waals surface area (Å²) >= 11 is 1.78. The average Bonchev–Trinajstić information content (AvgIpc) is 2.88. The fourth-order valence-electron chi connectivity index (χ4n) is 2.28. The van der Waals surface area contributed by atoms with Crippen LogP contribution in [0.25, 0.3) is 0 Å². The fraction of sp³-hybridized carbons (Fsp3) is 0.400. The molecule has 2 heterocycles. The van der Waals surface area contributed by atoms with E-state index in [1.54, 1.807) is 11.3 Å². The van der Waals surface area contributed by atoms with Gasteiger partial charge in [0, 0.05) is 29.2 Å². The number of nitrogens with zero attached hydrogens (tertiary/aromatic N) is 2. The van der Waals surface area contributed by atoms with Crippen molar-refractivity contribution in [2.45, 2.75) is 33.9 Å². The maximum atomic E-state index is 5.90. The number of rotatable bonds is 5. The number of hydrogen-bond acceptors (Lipinski definition) is 4. The summed E-state index contributed by atoms with van der Waals surface area (Å²) in [4.78, 5) is 8.36. The van der Waals surface area contributed by atoms with Gasteiger partial charge in [0.15, 0.2) is 0 Å². The van der Waals surface area contributed by atoms with E-state index in [1.165, 1.54) is 10.4 Å². The monoisotopic (exact) mass is 275 g/mol. The lowest BCUT2D eigenvalue weighted by Crippen LogP contribution is -2.25. The summed E-state index contributed by atoms with van der Waals surface area (Å²) in [6.45, 7) is 8.68. The molecule has 4 heteroatoms. The Labute approximate surface area is 119 Å². The number of thiophene rings is 1. The van der Waals surface area contributed by atoms with E-state index in [0.29, 0.717) is 6.54 Å². The zero-order valence-corrected chi connectivity index (χ0v) is 12.6. The van der Waals surface area contributed by atoms with Crippen molar-refractivity contribution in [2.75, 3.05) is 11.4 Å².